The Bertz CT molecular complexity index is 477. The summed E-state index contributed by atoms with van der Waals surface area (Å²) in [5, 5.41) is 47.1. The molecule has 0 unspecified atom stereocenters. The van der Waals surface area contributed by atoms with Crippen LogP contribution < -0.4 is 9.47 Å². The van der Waals surface area contributed by atoms with Gasteiger partial charge in [-0.05, 0) is 23.6 Å². The van der Waals surface area contributed by atoms with Gasteiger partial charge < -0.3 is 35.0 Å². The van der Waals surface area contributed by atoms with Crippen molar-refractivity contribution in [2.75, 3.05) is 20.3 Å². The molecular weight excluding hydrogens is 304 g/mol. The first-order valence-corrected chi connectivity index (χ1v) is 7.45. The van der Waals surface area contributed by atoms with Gasteiger partial charge in [-0.15, -0.1) is 0 Å². The summed E-state index contributed by atoms with van der Waals surface area (Å²) in [4.78, 5) is 0. The Balaban J connectivity index is 2.70. The number of ether oxygens (including phenoxy) is 2. The Morgan fingerprint density at radius 1 is 0.957 bits per heavy atom. The predicted octanol–water partition coefficient (Wildman–Crippen LogP) is -0.367. The first kappa shape index (κ1) is 19.7. The van der Waals surface area contributed by atoms with Crippen LogP contribution in [-0.2, 0) is 0 Å². The number of aliphatic hydroxyl groups is 5. The average molecular weight is 330 g/mol. The van der Waals surface area contributed by atoms with Crippen LogP contribution in [0.4, 0.5) is 0 Å². The Morgan fingerprint density at radius 2 is 1.57 bits per heavy atom. The third-order valence-corrected chi connectivity index (χ3v) is 3.59. The van der Waals surface area contributed by atoms with E-state index in [2.05, 4.69) is 0 Å². The SMILES string of the molecule is COc1cc(C(C)C)ccc1OC[C@H](O)[C@@H](O)[C@H](O)[C@H](O)CO. The summed E-state index contributed by atoms with van der Waals surface area (Å²) in [6, 6.07) is 5.40. The fourth-order valence-electron chi connectivity index (χ4n) is 2.00. The van der Waals surface area contributed by atoms with Gasteiger partial charge in [0.15, 0.2) is 11.5 Å². The molecule has 0 spiro atoms. The average Bonchev–Trinajstić information content (AvgIpc) is 2.56. The van der Waals surface area contributed by atoms with E-state index in [0.29, 0.717) is 17.4 Å². The lowest BCUT2D eigenvalue weighted by Crippen LogP contribution is -2.47. The van der Waals surface area contributed by atoms with Gasteiger partial charge in [0.05, 0.1) is 13.7 Å². The van der Waals surface area contributed by atoms with Crippen LogP contribution in [-0.4, -0.2) is 70.3 Å². The molecule has 132 valence electrons. The van der Waals surface area contributed by atoms with E-state index < -0.39 is 31.0 Å². The smallest absolute Gasteiger partial charge is 0.161 e. The number of hydrogen-bond donors (Lipinski definition) is 5. The van der Waals surface area contributed by atoms with E-state index in [1.54, 1.807) is 6.07 Å². The first-order valence-electron chi connectivity index (χ1n) is 7.45. The second kappa shape index (κ2) is 9.05. The van der Waals surface area contributed by atoms with Crippen molar-refractivity contribution in [2.24, 2.45) is 0 Å². The molecule has 7 nitrogen and oxygen atoms in total. The third kappa shape index (κ3) is 5.33. The summed E-state index contributed by atoms with van der Waals surface area (Å²) in [7, 11) is 1.50. The Morgan fingerprint density at radius 3 is 2.09 bits per heavy atom. The largest absolute Gasteiger partial charge is 0.493 e. The van der Waals surface area contributed by atoms with E-state index in [1.165, 1.54) is 7.11 Å². The molecule has 0 amide bonds. The summed E-state index contributed by atoms with van der Waals surface area (Å²) >= 11 is 0. The van der Waals surface area contributed by atoms with Gasteiger partial charge >= 0.3 is 0 Å². The van der Waals surface area contributed by atoms with Gasteiger partial charge in [-0.2, -0.15) is 0 Å². The highest BCUT2D eigenvalue weighted by Crippen LogP contribution is 2.31. The fraction of sp³-hybridized carbons (Fsp3) is 0.625. The van der Waals surface area contributed by atoms with Gasteiger partial charge in [0.25, 0.3) is 0 Å². The maximum absolute atomic E-state index is 9.83. The van der Waals surface area contributed by atoms with Crippen molar-refractivity contribution < 1.29 is 35.0 Å². The molecule has 1 aromatic carbocycles. The molecule has 23 heavy (non-hydrogen) atoms. The Hall–Kier alpha value is -1.38. The summed E-state index contributed by atoms with van der Waals surface area (Å²) in [6.45, 7) is 3.05. The molecule has 0 aliphatic rings. The summed E-state index contributed by atoms with van der Waals surface area (Å²) in [6.07, 6.45) is -6.32. The molecule has 0 saturated carbocycles. The summed E-state index contributed by atoms with van der Waals surface area (Å²) in [5.74, 6) is 1.20. The molecule has 1 rings (SSSR count). The lowest BCUT2D eigenvalue weighted by atomic mass is 10.0. The zero-order valence-electron chi connectivity index (χ0n) is 13.6. The lowest BCUT2D eigenvalue weighted by Gasteiger charge is -2.25. The topological polar surface area (TPSA) is 120 Å². The van der Waals surface area contributed by atoms with Crippen LogP contribution in [0.25, 0.3) is 0 Å². The molecule has 0 heterocycles. The Labute approximate surface area is 135 Å². The van der Waals surface area contributed by atoms with Crippen molar-refractivity contribution in [1.82, 2.24) is 0 Å². The van der Waals surface area contributed by atoms with Crippen LogP contribution in [0.2, 0.25) is 0 Å². The highest BCUT2D eigenvalue weighted by atomic mass is 16.5. The zero-order valence-corrected chi connectivity index (χ0v) is 13.6. The molecule has 1 aromatic rings. The summed E-state index contributed by atoms with van der Waals surface area (Å²) in [5.41, 5.74) is 1.07. The van der Waals surface area contributed by atoms with Crippen molar-refractivity contribution >= 4 is 0 Å². The van der Waals surface area contributed by atoms with Crippen LogP contribution in [0.15, 0.2) is 18.2 Å². The molecule has 7 heteroatoms. The van der Waals surface area contributed by atoms with Crippen molar-refractivity contribution in [2.45, 2.75) is 44.2 Å². The van der Waals surface area contributed by atoms with Crippen LogP contribution in [0.5, 0.6) is 11.5 Å². The van der Waals surface area contributed by atoms with E-state index in [1.807, 2.05) is 26.0 Å². The predicted molar refractivity (Wildman–Crippen MR) is 83.7 cm³/mol. The highest BCUT2D eigenvalue weighted by Gasteiger charge is 2.30. The minimum Gasteiger partial charge on any atom is -0.493 e. The van der Waals surface area contributed by atoms with Crippen LogP contribution in [0, 0.1) is 0 Å². The van der Waals surface area contributed by atoms with E-state index in [-0.39, 0.29) is 6.61 Å². The van der Waals surface area contributed by atoms with Gasteiger partial charge in [-0.25, -0.2) is 0 Å². The number of hydrogen-bond acceptors (Lipinski definition) is 7. The monoisotopic (exact) mass is 330 g/mol. The number of rotatable bonds is 9. The molecule has 4 atom stereocenters. The maximum atomic E-state index is 9.83. The van der Waals surface area contributed by atoms with Crippen molar-refractivity contribution in [3.63, 3.8) is 0 Å². The first-order chi connectivity index (χ1) is 10.8. The lowest BCUT2D eigenvalue weighted by molar-refractivity contribution is -0.121. The molecule has 0 radical (unpaired) electrons. The van der Waals surface area contributed by atoms with E-state index >= 15 is 0 Å². The van der Waals surface area contributed by atoms with E-state index in [9.17, 15) is 20.4 Å². The second-order valence-electron chi connectivity index (χ2n) is 5.67. The minimum absolute atomic E-state index is 0.312. The van der Waals surface area contributed by atoms with Gasteiger partial charge in [0.1, 0.15) is 31.0 Å². The van der Waals surface area contributed by atoms with Crippen LogP contribution in [0.1, 0.15) is 25.3 Å². The quantitative estimate of drug-likeness (QED) is 0.419. The standard InChI is InChI=1S/C16H26O7/c1-9(2)10-4-5-13(14(6-10)22-3)23-8-12(19)16(21)15(20)11(18)7-17/h4-6,9,11-12,15-21H,7-8H2,1-3H3/t11-,12+,15-,16-/m1/s1. The van der Waals surface area contributed by atoms with Crippen LogP contribution >= 0.6 is 0 Å². The number of benzene rings is 1. The van der Waals surface area contributed by atoms with E-state index in [0.717, 1.165) is 5.56 Å². The summed E-state index contributed by atoms with van der Waals surface area (Å²) < 4.78 is 10.7. The maximum Gasteiger partial charge on any atom is 0.161 e. The normalized spacial score (nSPS) is 16.7. The molecule has 0 fully saturated rings. The van der Waals surface area contributed by atoms with Gasteiger partial charge in [-0.1, -0.05) is 19.9 Å². The molecular formula is C16H26O7. The molecule has 0 saturated heterocycles. The molecule has 0 aliphatic heterocycles. The fourth-order valence-corrected chi connectivity index (χ4v) is 2.00. The Kier molecular flexibility index (Phi) is 7.74. The molecule has 0 aliphatic carbocycles. The van der Waals surface area contributed by atoms with E-state index in [4.69, 9.17) is 14.6 Å². The third-order valence-electron chi connectivity index (χ3n) is 3.59. The highest BCUT2D eigenvalue weighted by molar-refractivity contribution is 5.43. The van der Waals surface area contributed by atoms with Crippen molar-refractivity contribution in [3.05, 3.63) is 23.8 Å². The number of methoxy groups -OCH3 is 1. The van der Waals surface area contributed by atoms with Crippen molar-refractivity contribution in [1.29, 1.82) is 0 Å². The molecule has 0 aromatic heterocycles. The van der Waals surface area contributed by atoms with Gasteiger partial charge in [0.2, 0.25) is 0 Å². The number of aliphatic hydroxyl groups excluding tert-OH is 5. The van der Waals surface area contributed by atoms with Gasteiger partial charge in [0, 0.05) is 0 Å². The van der Waals surface area contributed by atoms with Crippen LogP contribution in [0.3, 0.4) is 0 Å². The second-order valence-corrected chi connectivity index (χ2v) is 5.67. The molecule has 5 N–H and O–H groups in total. The molecule has 0 bridgehead atoms. The zero-order chi connectivity index (χ0) is 17.6. The van der Waals surface area contributed by atoms with Crippen molar-refractivity contribution in [3.8, 4) is 11.5 Å². The van der Waals surface area contributed by atoms with Gasteiger partial charge in [-0.3, -0.25) is 0 Å². The minimum atomic E-state index is -1.68.